The Morgan fingerprint density at radius 1 is 1.00 bits per heavy atom. The molecule has 5 unspecified atom stereocenters. The largest absolute Gasteiger partial charge is 0.463 e. The van der Waals surface area contributed by atoms with Crippen molar-refractivity contribution < 1.29 is 47.8 Å². The van der Waals surface area contributed by atoms with E-state index in [2.05, 4.69) is 10.5 Å². The number of rotatable bonds is 7. The Labute approximate surface area is 206 Å². The van der Waals surface area contributed by atoms with Crippen LogP contribution in [0.5, 0.6) is 0 Å². The number of para-hydroxylation sites is 1. The van der Waals surface area contributed by atoms with Crippen LogP contribution in [-0.4, -0.2) is 79.7 Å². The van der Waals surface area contributed by atoms with Crippen LogP contribution in [0.4, 0.5) is 5.69 Å². The van der Waals surface area contributed by atoms with Crippen LogP contribution in [-0.2, 0) is 47.8 Å². The number of nitrogens with one attached hydrogen (secondary N) is 1. The van der Waals surface area contributed by atoms with Crippen LogP contribution < -0.4 is 10.2 Å². The molecule has 0 aromatic heterocycles. The Balaban J connectivity index is 1.99. The molecule has 13 heteroatoms. The number of fused-ring (bicyclic) bond motifs is 1. The van der Waals surface area contributed by atoms with E-state index >= 15 is 0 Å². The third kappa shape index (κ3) is 5.97. The molecule has 2 aliphatic heterocycles. The predicted molar refractivity (Wildman–Crippen MR) is 121 cm³/mol. The molecule has 1 fully saturated rings. The fourth-order valence-electron chi connectivity index (χ4n) is 3.92. The lowest BCUT2D eigenvalue weighted by Gasteiger charge is -2.43. The first-order chi connectivity index (χ1) is 17.0. The van der Waals surface area contributed by atoms with Crippen LogP contribution in [0.25, 0.3) is 0 Å². The zero-order valence-corrected chi connectivity index (χ0v) is 20.4. The highest BCUT2D eigenvalue weighted by Crippen LogP contribution is 2.30. The molecular weight excluding hydrogens is 478 g/mol. The van der Waals surface area contributed by atoms with Crippen LogP contribution in [0.1, 0.15) is 33.3 Å². The summed E-state index contributed by atoms with van der Waals surface area (Å²) in [5.74, 6) is -3.08. The minimum Gasteiger partial charge on any atom is -0.463 e. The molecule has 5 atom stereocenters. The summed E-state index contributed by atoms with van der Waals surface area (Å²) >= 11 is 0. The van der Waals surface area contributed by atoms with Gasteiger partial charge in [0.2, 0.25) is 5.91 Å². The number of hydrogen-bond acceptors (Lipinski definition) is 11. The van der Waals surface area contributed by atoms with Crippen molar-refractivity contribution in [3.05, 3.63) is 29.8 Å². The van der Waals surface area contributed by atoms with Crippen LogP contribution in [0.15, 0.2) is 29.4 Å². The van der Waals surface area contributed by atoms with E-state index in [-0.39, 0.29) is 5.71 Å². The average molecular weight is 505 g/mol. The molecule has 3 rings (SSSR count). The van der Waals surface area contributed by atoms with Crippen LogP contribution >= 0.6 is 0 Å². The van der Waals surface area contributed by atoms with Gasteiger partial charge in [-0.1, -0.05) is 23.4 Å². The summed E-state index contributed by atoms with van der Waals surface area (Å²) in [5, 5.41) is 6.56. The summed E-state index contributed by atoms with van der Waals surface area (Å²) in [5.41, 5.74) is 1.12. The smallest absolute Gasteiger partial charge is 0.303 e. The molecule has 1 aromatic rings. The summed E-state index contributed by atoms with van der Waals surface area (Å²) < 4.78 is 21.6. The van der Waals surface area contributed by atoms with E-state index in [0.717, 1.165) is 13.8 Å². The lowest BCUT2D eigenvalue weighted by atomic mass is 9.96. The molecule has 0 saturated carbocycles. The maximum absolute atomic E-state index is 12.7. The summed E-state index contributed by atoms with van der Waals surface area (Å²) in [7, 11) is 1.58. The molecular formula is C23H27N3O10. The fraction of sp³-hybridized carbons (Fsp3) is 0.478. The maximum Gasteiger partial charge on any atom is 0.303 e. The Hall–Kier alpha value is -4.00. The normalized spacial score (nSPS) is 26.1. The van der Waals surface area contributed by atoms with Gasteiger partial charge in [-0.25, -0.2) is 0 Å². The fourth-order valence-corrected chi connectivity index (χ4v) is 3.92. The number of oxime groups is 1. The average Bonchev–Trinajstić information content (AvgIpc) is 3.03. The van der Waals surface area contributed by atoms with Gasteiger partial charge < -0.3 is 34.0 Å². The Bertz CT molecular complexity index is 1090. The van der Waals surface area contributed by atoms with Gasteiger partial charge in [-0.05, 0) is 6.07 Å². The van der Waals surface area contributed by atoms with Gasteiger partial charge in [-0.3, -0.25) is 24.0 Å². The van der Waals surface area contributed by atoms with Crippen molar-refractivity contribution in [2.24, 2.45) is 5.16 Å². The number of anilines is 1. The molecule has 1 N–H and O–H groups in total. The second-order valence-electron chi connectivity index (χ2n) is 8.15. The van der Waals surface area contributed by atoms with Crippen LogP contribution in [0.2, 0.25) is 0 Å². The van der Waals surface area contributed by atoms with Crippen molar-refractivity contribution in [2.45, 2.75) is 58.3 Å². The van der Waals surface area contributed by atoms with Crippen molar-refractivity contribution >= 4 is 41.1 Å². The van der Waals surface area contributed by atoms with Gasteiger partial charge in [0.25, 0.3) is 12.2 Å². The Morgan fingerprint density at radius 2 is 1.64 bits per heavy atom. The maximum atomic E-state index is 12.7. The van der Waals surface area contributed by atoms with Gasteiger partial charge in [-0.15, -0.1) is 0 Å². The zero-order valence-electron chi connectivity index (χ0n) is 20.4. The standard InChI is InChI=1S/C23H27N3O10/c1-11(27)24-19-21(34-14(4)30)20(33-13(3)29)17(10-32-12(2)28)35-23(19)36-25-18-15-8-6-7-9-16(15)26(5)22(18)31/h6-9,17,19-21,23H,10H2,1-5H3,(H,24,27). The molecule has 13 nitrogen and oxygen atoms in total. The van der Waals surface area contributed by atoms with Gasteiger partial charge in [0, 0.05) is 40.3 Å². The number of carbonyl (C=O) groups is 5. The number of likely N-dealkylation sites (N-methyl/N-ethyl adjacent to an activating group) is 1. The highest BCUT2D eigenvalue weighted by atomic mass is 16.8. The summed E-state index contributed by atoms with van der Waals surface area (Å²) in [6.45, 7) is 4.26. The Morgan fingerprint density at radius 3 is 2.25 bits per heavy atom. The van der Waals surface area contributed by atoms with E-state index < -0.39 is 67.0 Å². The van der Waals surface area contributed by atoms with Crippen molar-refractivity contribution in [3.63, 3.8) is 0 Å². The van der Waals surface area contributed by atoms with E-state index in [1.807, 2.05) is 0 Å². The number of benzene rings is 1. The summed E-state index contributed by atoms with van der Waals surface area (Å²) in [6.07, 6.45) is -5.16. The Kier molecular flexibility index (Phi) is 8.25. The first kappa shape index (κ1) is 26.6. The first-order valence-corrected chi connectivity index (χ1v) is 11.0. The second-order valence-corrected chi connectivity index (χ2v) is 8.15. The van der Waals surface area contributed by atoms with Crippen LogP contribution in [0.3, 0.4) is 0 Å². The van der Waals surface area contributed by atoms with E-state index in [1.165, 1.54) is 18.7 Å². The number of ether oxygens (including phenoxy) is 4. The zero-order chi connectivity index (χ0) is 26.6. The third-order valence-corrected chi connectivity index (χ3v) is 5.35. The highest BCUT2D eigenvalue weighted by Gasteiger charge is 2.52. The lowest BCUT2D eigenvalue weighted by Crippen LogP contribution is -2.66. The second kappa shape index (κ2) is 11.2. The third-order valence-electron chi connectivity index (χ3n) is 5.35. The first-order valence-electron chi connectivity index (χ1n) is 11.0. The molecule has 1 saturated heterocycles. The van der Waals surface area contributed by atoms with E-state index in [9.17, 15) is 24.0 Å². The van der Waals surface area contributed by atoms with E-state index in [1.54, 1.807) is 31.3 Å². The van der Waals surface area contributed by atoms with Gasteiger partial charge in [0.15, 0.2) is 17.9 Å². The topological polar surface area (TPSA) is 159 Å². The van der Waals surface area contributed by atoms with E-state index in [0.29, 0.717) is 11.3 Å². The number of carbonyl (C=O) groups excluding carboxylic acids is 5. The highest BCUT2D eigenvalue weighted by molar-refractivity contribution is 6.54. The monoisotopic (exact) mass is 505 g/mol. The molecule has 0 aliphatic carbocycles. The van der Waals surface area contributed by atoms with Gasteiger partial charge in [-0.2, -0.15) is 0 Å². The molecule has 2 amide bonds. The van der Waals surface area contributed by atoms with Crippen molar-refractivity contribution in [1.82, 2.24) is 5.32 Å². The molecule has 2 aliphatic rings. The molecule has 194 valence electrons. The predicted octanol–water partition coefficient (Wildman–Crippen LogP) is 0.0398. The number of amides is 2. The SMILES string of the molecule is CC(=O)NC1C(ON=C2C(=O)N(C)c3ccccc32)OC(COC(C)=O)C(OC(C)=O)C1OC(C)=O. The lowest BCUT2D eigenvalue weighted by molar-refractivity contribution is -0.278. The summed E-state index contributed by atoms with van der Waals surface area (Å²) in [6, 6.07) is 5.71. The van der Waals surface area contributed by atoms with Gasteiger partial charge in [0.1, 0.15) is 18.8 Å². The molecule has 36 heavy (non-hydrogen) atoms. The van der Waals surface area contributed by atoms with Crippen LogP contribution in [0, 0.1) is 0 Å². The minimum atomic E-state index is -1.43. The van der Waals surface area contributed by atoms with Gasteiger partial charge >= 0.3 is 17.9 Å². The molecule has 1 aromatic carbocycles. The quantitative estimate of drug-likeness (QED) is 0.304. The van der Waals surface area contributed by atoms with Crippen molar-refractivity contribution in [2.75, 3.05) is 18.6 Å². The number of esters is 3. The summed E-state index contributed by atoms with van der Waals surface area (Å²) in [4.78, 5) is 66.9. The number of hydrogen-bond donors (Lipinski definition) is 1. The molecule has 0 bridgehead atoms. The van der Waals surface area contributed by atoms with Gasteiger partial charge in [0.05, 0.1) is 5.69 Å². The minimum absolute atomic E-state index is 0.0130. The molecule has 0 spiro atoms. The van der Waals surface area contributed by atoms with E-state index in [4.69, 9.17) is 23.8 Å². The number of nitrogens with zero attached hydrogens (tertiary/aromatic N) is 2. The molecule has 2 heterocycles. The molecule has 0 radical (unpaired) electrons. The van der Waals surface area contributed by atoms with Crippen molar-refractivity contribution in [1.29, 1.82) is 0 Å². The van der Waals surface area contributed by atoms with Crippen molar-refractivity contribution in [3.8, 4) is 0 Å².